The van der Waals surface area contributed by atoms with Crippen molar-refractivity contribution in [2.24, 2.45) is 0 Å². The zero-order valence-electron chi connectivity index (χ0n) is 15.1. The van der Waals surface area contributed by atoms with Gasteiger partial charge in [0.2, 0.25) is 0 Å². The van der Waals surface area contributed by atoms with E-state index in [4.69, 9.17) is 9.47 Å². The minimum atomic E-state index is -4.44. The normalized spacial score (nSPS) is 11.3. The first kappa shape index (κ1) is 20.8. The van der Waals surface area contributed by atoms with E-state index in [-0.39, 0.29) is 24.6 Å². The Morgan fingerprint density at radius 3 is 2.69 bits per heavy atom. The van der Waals surface area contributed by atoms with Crippen LogP contribution in [0.4, 0.5) is 13.2 Å². The number of H-pyrrole nitrogens is 1. The fourth-order valence-corrected chi connectivity index (χ4v) is 2.93. The summed E-state index contributed by atoms with van der Waals surface area (Å²) in [6.07, 6.45) is -4.44. The van der Waals surface area contributed by atoms with Gasteiger partial charge in [0, 0.05) is 10.0 Å². The maximum Gasteiger partial charge on any atom is 0.416 e. The summed E-state index contributed by atoms with van der Waals surface area (Å²) in [7, 11) is 0. The number of aromatic amines is 1. The number of alkyl halides is 3. The highest BCUT2D eigenvalue weighted by Gasteiger charge is 2.30. The topological polar surface area (TPSA) is 77.1 Å². The van der Waals surface area contributed by atoms with Crippen LogP contribution in [0.15, 0.2) is 46.9 Å². The minimum Gasteiger partial charge on any atom is -0.488 e. The van der Waals surface area contributed by atoms with Gasteiger partial charge in [-0.3, -0.25) is 0 Å². The number of halogens is 4. The smallest absolute Gasteiger partial charge is 0.416 e. The molecule has 0 amide bonds. The van der Waals surface area contributed by atoms with Crippen molar-refractivity contribution >= 4 is 21.9 Å². The van der Waals surface area contributed by atoms with Crippen molar-refractivity contribution in [2.45, 2.75) is 19.7 Å². The van der Waals surface area contributed by atoms with Gasteiger partial charge in [-0.2, -0.15) is 23.5 Å². The number of benzene rings is 2. The van der Waals surface area contributed by atoms with Crippen molar-refractivity contribution in [1.29, 1.82) is 0 Å². The lowest BCUT2D eigenvalue weighted by molar-refractivity contribution is -0.137. The molecule has 29 heavy (non-hydrogen) atoms. The van der Waals surface area contributed by atoms with E-state index in [0.29, 0.717) is 21.3 Å². The Balaban J connectivity index is 1.90. The number of aromatic nitrogens is 3. The summed E-state index contributed by atoms with van der Waals surface area (Å²) in [5, 5.41) is 10.2. The largest absolute Gasteiger partial charge is 0.488 e. The number of esters is 1. The monoisotopic (exact) mass is 469 g/mol. The molecule has 3 aromatic rings. The predicted octanol–water partition coefficient (Wildman–Crippen LogP) is 5.01. The molecule has 0 aliphatic rings. The van der Waals surface area contributed by atoms with Gasteiger partial charge in [-0.1, -0.05) is 28.1 Å². The Bertz CT molecular complexity index is 1020. The Hall–Kier alpha value is -2.88. The highest BCUT2D eigenvalue weighted by molar-refractivity contribution is 9.10. The van der Waals surface area contributed by atoms with E-state index < -0.39 is 17.7 Å². The molecule has 2 aromatic carbocycles. The standard InChI is InChI=1S/C19H15BrF3N3O3/c1-2-28-18(27)17-16(24-26-25-17)14-9-13(20)6-7-15(14)29-10-11-4-3-5-12(8-11)19(21,22)23/h3-9H,2,10H2,1H3,(H,24,25,26). The average Bonchev–Trinajstić information content (AvgIpc) is 3.16. The van der Waals surface area contributed by atoms with Crippen LogP contribution in [0.5, 0.6) is 5.75 Å². The fraction of sp³-hybridized carbons (Fsp3) is 0.211. The molecule has 0 radical (unpaired) electrons. The van der Waals surface area contributed by atoms with Crippen LogP contribution in [0, 0.1) is 0 Å². The van der Waals surface area contributed by atoms with Gasteiger partial charge >= 0.3 is 12.1 Å². The molecule has 0 atom stereocenters. The van der Waals surface area contributed by atoms with E-state index in [1.165, 1.54) is 12.1 Å². The molecule has 0 saturated heterocycles. The third-order valence-corrected chi connectivity index (χ3v) is 4.36. The molecule has 1 heterocycles. The molecule has 0 saturated carbocycles. The van der Waals surface area contributed by atoms with Crippen molar-refractivity contribution < 1.29 is 27.4 Å². The molecule has 1 aromatic heterocycles. The van der Waals surface area contributed by atoms with Crippen LogP contribution in [-0.4, -0.2) is 28.0 Å². The summed E-state index contributed by atoms with van der Waals surface area (Å²) in [5.41, 5.74) is 0.219. The minimum absolute atomic E-state index is 0.0196. The molecule has 0 spiro atoms. The highest BCUT2D eigenvalue weighted by atomic mass is 79.9. The Morgan fingerprint density at radius 2 is 1.97 bits per heavy atom. The lowest BCUT2D eigenvalue weighted by atomic mass is 10.1. The zero-order chi connectivity index (χ0) is 21.0. The van der Waals surface area contributed by atoms with Gasteiger partial charge in [-0.25, -0.2) is 4.79 Å². The lowest BCUT2D eigenvalue weighted by Gasteiger charge is -2.13. The number of nitrogens with one attached hydrogen (secondary N) is 1. The zero-order valence-corrected chi connectivity index (χ0v) is 16.7. The molecule has 10 heteroatoms. The molecule has 1 N–H and O–H groups in total. The van der Waals surface area contributed by atoms with Gasteiger partial charge in [0.25, 0.3) is 0 Å². The van der Waals surface area contributed by atoms with Crippen molar-refractivity contribution in [1.82, 2.24) is 15.4 Å². The van der Waals surface area contributed by atoms with Crippen LogP contribution in [0.25, 0.3) is 11.3 Å². The maximum absolute atomic E-state index is 12.9. The molecule has 0 aliphatic heterocycles. The molecule has 0 aliphatic carbocycles. The highest BCUT2D eigenvalue weighted by Crippen LogP contribution is 2.34. The van der Waals surface area contributed by atoms with Crippen LogP contribution < -0.4 is 4.74 Å². The van der Waals surface area contributed by atoms with Crippen LogP contribution in [0.3, 0.4) is 0 Å². The second-order valence-electron chi connectivity index (χ2n) is 5.87. The number of carbonyl (C=O) groups is 1. The summed E-state index contributed by atoms with van der Waals surface area (Å²) >= 11 is 3.35. The third-order valence-electron chi connectivity index (χ3n) is 3.86. The van der Waals surface area contributed by atoms with Crippen molar-refractivity contribution in [3.63, 3.8) is 0 Å². The Labute approximate surface area is 172 Å². The second kappa shape index (κ2) is 8.64. The molecular formula is C19H15BrF3N3O3. The number of hydrogen-bond acceptors (Lipinski definition) is 5. The fourth-order valence-electron chi connectivity index (χ4n) is 2.57. The molecule has 0 fully saturated rings. The number of hydrogen-bond donors (Lipinski definition) is 1. The SMILES string of the molecule is CCOC(=O)c1n[nH]nc1-c1cc(Br)ccc1OCc1cccc(C(F)(F)F)c1. The lowest BCUT2D eigenvalue weighted by Crippen LogP contribution is -2.08. The number of ether oxygens (including phenoxy) is 2. The second-order valence-corrected chi connectivity index (χ2v) is 6.78. The summed E-state index contributed by atoms with van der Waals surface area (Å²) in [6.45, 7) is 1.73. The van der Waals surface area contributed by atoms with Crippen molar-refractivity contribution in [3.05, 3.63) is 63.8 Å². The molecular weight excluding hydrogens is 455 g/mol. The summed E-state index contributed by atoms with van der Waals surface area (Å²) in [6, 6.07) is 9.87. The first-order chi connectivity index (χ1) is 13.8. The maximum atomic E-state index is 12.9. The van der Waals surface area contributed by atoms with Gasteiger partial charge in [-0.15, -0.1) is 5.10 Å². The van der Waals surface area contributed by atoms with Crippen molar-refractivity contribution in [3.8, 4) is 17.0 Å². The summed E-state index contributed by atoms with van der Waals surface area (Å²) < 4.78 is 50.1. The Morgan fingerprint density at radius 1 is 1.17 bits per heavy atom. The number of carbonyl (C=O) groups excluding carboxylic acids is 1. The van der Waals surface area contributed by atoms with E-state index in [9.17, 15) is 18.0 Å². The third kappa shape index (κ3) is 4.94. The van der Waals surface area contributed by atoms with Crippen molar-refractivity contribution in [2.75, 3.05) is 6.61 Å². The van der Waals surface area contributed by atoms with Gasteiger partial charge < -0.3 is 9.47 Å². The van der Waals surface area contributed by atoms with Crippen LogP contribution in [0.2, 0.25) is 0 Å². The van der Waals surface area contributed by atoms with E-state index in [1.54, 1.807) is 25.1 Å². The first-order valence-electron chi connectivity index (χ1n) is 8.46. The summed E-state index contributed by atoms with van der Waals surface area (Å²) in [5.74, 6) is -0.329. The molecule has 152 valence electrons. The average molecular weight is 470 g/mol. The summed E-state index contributed by atoms with van der Waals surface area (Å²) in [4.78, 5) is 12.1. The van der Waals surface area contributed by atoms with Gasteiger partial charge in [0.15, 0.2) is 5.69 Å². The van der Waals surface area contributed by atoms with E-state index in [2.05, 4.69) is 31.3 Å². The van der Waals surface area contributed by atoms with Crippen LogP contribution in [0.1, 0.15) is 28.5 Å². The van der Waals surface area contributed by atoms with Gasteiger partial charge in [-0.05, 0) is 42.8 Å². The van der Waals surface area contributed by atoms with E-state index >= 15 is 0 Å². The van der Waals surface area contributed by atoms with Gasteiger partial charge in [0.05, 0.1) is 12.2 Å². The quantitative estimate of drug-likeness (QED) is 0.513. The van der Waals surface area contributed by atoms with Crippen LogP contribution >= 0.6 is 15.9 Å². The van der Waals surface area contributed by atoms with E-state index in [0.717, 1.165) is 12.1 Å². The number of rotatable bonds is 6. The van der Waals surface area contributed by atoms with E-state index in [1.807, 2.05) is 0 Å². The molecule has 3 rings (SSSR count). The number of nitrogens with zero attached hydrogens (tertiary/aromatic N) is 2. The molecule has 0 bridgehead atoms. The molecule has 6 nitrogen and oxygen atoms in total. The van der Waals surface area contributed by atoms with Crippen LogP contribution in [-0.2, 0) is 17.5 Å². The first-order valence-corrected chi connectivity index (χ1v) is 9.25. The van der Waals surface area contributed by atoms with Gasteiger partial charge in [0.1, 0.15) is 18.1 Å². The molecule has 0 unspecified atom stereocenters. The Kier molecular flexibility index (Phi) is 6.21. The predicted molar refractivity (Wildman–Crippen MR) is 101 cm³/mol.